The molecule has 1 rings (SSSR count). The molecule has 0 aromatic carbocycles. The molecule has 0 aliphatic heterocycles. The highest BCUT2D eigenvalue weighted by molar-refractivity contribution is 5.93. The molecule has 0 spiro atoms. The lowest BCUT2D eigenvalue weighted by molar-refractivity contribution is -0.118. The van der Waals surface area contributed by atoms with Gasteiger partial charge in [0.2, 0.25) is 5.91 Å². The first kappa shape index (κ1) is 10.3. The Hall–Kier alpha value is -1.83. The highest BCUT2D eigenvalue weighted by Gasteiger charge is 2.16. The normalized spacial score (nSPS) is 11.7. The van der Waals surface area contributed by atoms with Crippen molar-refractivity contribution in [1.82, 2.24) is 5.16 Å². The first-order valence-electron chi connectivity index (χ1n) is 4.37. The molecule has 0 aliphatic rings. The lowest BCUT2D eigenvalue weighted by atomic mass is 10.1. The van der Waals surface area contributed by atoms with Crippen LogP contribution in [0.25, 0.3) is 0 Å². The largest absolute Gasteiger partial charge is 0.363 e. The van der Waals surface area contributed by atoms with Crippen LogP contribution in [-0.4, -0.2) is 11.1 Å². The van der Waals surface area contributed by atoms with E-state index >= 15 is 0 Å². The molecule has 1 aromatic rings. The number of anilines is 1. The zero-order valence-corrected chi connectivity index (χ0v) is 7.86. The van der Waals surface area contributed by atoms with E-state index in [4.69, 9.17) is 5.26 Å². The van der Waals surface area contributed by atoms with E-state index in [2.05, 4.69) is 15.0 Å². The van der Waals surface area contributed by atoms with Crippen LogP contribution < -0.4 is 5.32 Å². The second-order valence-corrected chi connectivity index (χ2v) is 2.87. The molecule has 5 heteroatoms. The molecular formula is C9H11N3O2. The van der Waals surface area contributed by atoms with Gasteiger partial charge in [0.25, 0.3) is 0 Å². The molecule has 0 aliphatic carbocycles. The van der Waals surface area contributed by atoms with E-state index < -0.39 is 5.92 Å². The Balaban J connectivity index is 2.53. The summed E-state index contributed by atoms with van der Waals surface area (Å²) in [4.78, 5) is 11.4. The lowest BCUT2D eigenvalue weighted by Gasteiger charge is -2.06. The average Bonchev–Trinajstić information content (AvgIpc) is 2.66. The van der Waals surface area contributed by atoms with Crippen molar-refractivity contribution in [2.45, 2.75) is 19.8 Å². The van der Waals surface area contributed by atoms with Crippen LogP contribution in [-0.2, 0) is 4.79 Å². The predicted octanol–water partition coefficient (Wildman–Crippen LogP) is 1.55. The van der Waals surface area contributed by atoms with Gasteiger partial charge in [0.15, 0.2) is 0 Å². The zero-order valence-electron chi connectivity index (χ0n) is 7.86. The highest BCUT2D eigenvalue weighted by Crippen LogP contribution is 2.10. The topological polar surface area (TPSA) is 78.9 Å². The van der Waals surface area contributed by atoms with E-state index in [1.165, 1.54) is 12.5 Å². The Bertz CT molecular complexity index is 326. The van der Waals surface area contributed by atoms with Gasteiger partial charge in [0.05, 0.1) is 12.3 Å². The minimum Gasteiger partial charge on any atom is -0.363 e. The molecule has 0 fully saturated rings. The molecule has 0 bridgehead atoms. The van der Waals surface area contributed by atoms with Crippen molar-refractivity contribution in [3.8, 4) is 6.07 Å². The first-order chi connectivity index (χ1) is 6.77. The van der Waals surface area contributed by atoms with Crippen LogP contribution in [0.5, 0.6) is 0 Å². The van der Waals surface area contributed by atoms with Gasteiger partial charge >= 0.3 is 0 Å². The molecular weight excluding hydrogens is 182 g/mol. The van der Waals surface area contributed by atoms with E-state index in [1.807, 2.05) is 13.0 Å². The summed E-state index contributed by atoms with van der Waals surface area (Å²) in [6.07, 6.45) is 4.07. The maximum absolute atomic E-state index is 11.4. The summed E-state index contributed by atoms with van der Waals surface area (Å²) in [5, 5.41) is 14.7. The van der Waals surface area contributed by atoms with Crippen molar-refractivity contribution in [3.63, 3.8) is 0 Å². The molecule has 1 heterocycles. The molecule has 0 radical (unpaired) electrons. The predicted molar refractivity (Wildman–Crippen MR) is 49.1 cm³/mol. The quantitative estimate of drug-likeness (QED) is 0.786. The number of hydrogen-bond acceptors (Lipinski definition) is 4. The van der Waals surface area contributed by atoms with Crippen LogP contribution in [0, 0.1) is 17.2 Å². The van der Waals surface area contributed by atoms with Gasteiger partial charge in [0, 0.05) is 0 Å². The Morgan fingerprint density at radius 2 is 2.64 bits per heavy atom. The summed E-state index contributed by atoms with van der Waals surface area (Å²) in [7, 11) is 0. The molecule has 74 valence electrons. The van der Waals surface area contributed by atoms with Gasteiger partial charge < -0.3 is 9.84 Å². The SMILES string of the molecule is CCCC(C#N)C(=O)Nc1cnoc1. The van der Waals surface area contributed by atoms with Gasteiger partial charge in [-0.05, 0) is 6.42 Å². The van der Waals surface area contributed by atoms with Crippen molar-refractivity contribution in [1.29, 1.82) is 5.26 Å². The monoisotopic (exact) mass is 193 g/mol. The van der Waals surface area contributed by atoms with Crippen LogP contribution in [0.2, 0.25) is 0 Å². The van der Waals surface area contributed by atoms with Crippen molar-refractivity contribution < 1.29 is 9.32 Å². The van der Waals surface area contributed by atoms with Crippen molar-refractivity contribution >= 4 is 11.6 Å². The smallest absolute Gasteiger partial charge is 0.241 e. The third kappa shape index (κ3) is 2.59. The fourth-order valence-corrected chi connectivity index (χ4v) is 1.04. The number of nitrogens with one attached hydrogen (secondary N) is 1. The van der Waals surface area contributed by atoms with Crippen LogP contribution >= 0.6 is 0 Å². The van der Waals surface area contributed by atoms with Crippen LogP contribution in [0.3, 0.4) is 0 Å². The third-order valence-corrected chi connectivity index (χ3v) is 1.75. The van der Waals surface area contributed by atoms with Gasteiger partial charge in [-0.15, -0.1) is 0 Å². The average molecular weight is 193 g/mol. The molecule has 1 unspecified atom stereocenters. The number of nitriles is 1. The molecule has 1 atom stereocenters. The number of carbonyl (C=O) groups excluding carboxylic acids is 1. The summed E-state index contributed by atoms with van der Waals surface area (Å²) in [5.41, 5.74) is 0.478. The number of aromatic nitrogens is 1. The van der Waals surface area contributed by atoms with E-state index in [0.717, 1.165) is 6.42 Å². The number of carbonyl (C=O) groups is 1. The highest BCUT2D eigenvalue weighted by atomic mass is 16.5. The molecule has 0 saturated carbocycles. The van der Waals surface area contributed by atoms with Crippen molar-refractivity contribution in [2.75, 3.05) is 5.32 Å². The minimum absolute atomic E-state index is 0.308. The number of amides is 1. The molecule has 1 N–H and O–H groups in total. The van der Waals surface area contributed by atoms with E-state index in [9.17, 15) is 4.79 Å². The first-order valence-corrected chi connectivity index (χ1v) is 4.37. The fraction of sp³-hybridized carbons (Fsp3) is 0.444. The molecule has 1 aromatic heterocycles. The Labute approximate surface area is 81.7 Å². The summed E-state index contributed by atoms with van der Waals surface area (Å²) in [6, 6.07) is 1.95. The number of rotatable bonds is 4. The van der Waals surface area contributed by atoms with Gasteiger partial charge in [-0.25, -0.2) is 0 Å². The van der Waals surface area contributed by atoms with Gasteiger partial charge in [-0.1, -0.05) is 18.5 Å². The number of hydrogen-bond donors (Lipinski definition) is 1. The summed E-state index contributed by atoms with van der Waals surface area (Å²) in [6.45, 7) is 1.93. The van der Waals surface area contributed by atoms with E-state index in [1.54, 1.807) is 0 Å². The van der Waals surface area contributed by atoms with Gasteiger partial charge in [-0.2, -0.15) is 5.26 Å². The number of nitrogens with zero attached hydrogens (tertiary/aromatic N) is 2. The van der Waals surface area contributed by atoms with E-state index in [0.29, 0.717) is 12.1 Å². The molecule has 0 saturated heterocycles. The van der Waals surface area contributed by atoms with Crippen molar-refractivity contribution in [3.05, 3.63) is 12.5 Å². The van der Waals surface area contributed by atoms with Crippen molar-refractivity contribution in [2.24, 2.45) is 5.92 Å². The molecule has 1 amide bonds. The Morgan fingerprint density at radius 1 is 1.86 bits per heavy atom. The lowest BCUT2D eigenvalue weighted by Crippen LogP contribution is -2.21. The van der Waals surface area contributed by atoms with E-state index in [-0.39, 0.29) is 5.91 Å². The standard InChI is InChI=1S/C9H11N3O2/c1-2-3-7(4-10)9(13)12-8-5-11-14-6-8/h5-7H,2-3H2,1H3,(H,12,13). The van der Waals surface area contributed by atoms with Gasteiger partial charge in [0.1, 0.15) is 17.9 Å². The minimum atomic E-state index is -0.602. The maximum Gasteiger partial charge on any atom is 0.241 e. The summed E-state index contributed by atoms with van der Waals surface area (Å²) >= 11 is 0. The third-order valence-electron chi connectivity index (χ3n) is 1.75. The second-order valence-electron chi connectivity index (χ2n) is 2.87. The van der Waals surface area contributed by atoms with Gasteiger partial charge in [-0.3, -0.25) is 4.79 Å². The second kappa shape index (κ2) is 5.02. The Morgan fingerprint density at radius 3 is 3.14 bits per heavy atom. The zero-order chi connectivity index (χ0) is 10.4. The summed E-state index contributed by atoms with van der Waals surface area (Å²) < 4.78 is 4.54. The summed E-state index contributed by atoms with van der Waals surface area (Å²) in [5.74, 6) is -0.910. The van der Waals surface area contributed by atoms with Crippen LogP contribution in [0.1, 0.15) is 19.8 Å². The molecule has 14 heavy (non-hydrogen) atoms. The van der Waals surface area contributed by atoms with Crippen LogP contribution in [0.4, 0.5) is 5.69 Å². The fourth-order valence-electron chi connectivity index (χ4n) is 1.04. The Kier molecular flexibility index (Phi) is 3.68. The molecule has 5 nitrogen and oxygen atoms in total. The maximum atomic E-state index is 11.4. The van der Waals surface area contributed by atoms with Crippen LogP contribution in [0.15, 0.2) is 17.0 Å².